The van der Waals surface area contributed by atoms with Gasteiger partial charge in [-0.3, -0.25) is 0 Å². The van der Waals surface area contributed by atoms with Gasteiger partial charge in [0.1, 0.15) is 17.4 Å². The van der Waals surface area contributed by atoms with Gasteiger partial charge in [0.2, 0.25) is 0 Å². The van der Waals surface area contributed by atoms with Crippen molar-refractivity contribution in [3.63, 3.8) is 0 Å². The summed E-state index contributed by atoms with van der Waals surface area (Å²) in [6.45, 7) is 0. The first kappa shape index (κ1) is 18.0. The molecule has 0 aliphatic rings. The van der Waals surface area contributed by atoms with E-state index in [-0.39, 0.29) is 22.6 Å². The number of azide groups is 1. The zero-order chi connectivity index (χ0) is 19.6. The van der Waals surface area contributed by atoms with Crippen LogP contribution < -0.4 is 0 Å². The molecule has 0 amide bonds. The lowest BCUT2D eigenvalue weighted by atomic mass is 10.1. The smallest absolute Gasteiger partial charge is 0.231 e. The molecule has 2 aromatic carbocycles. The molecule has 0 saturated carbocycles. The zero-order valence-corrected chi connectivity index (χ0v) is 13.3. The average Bonchev–Trinajstić information content (AvgIpc) is 3.03. The zero-order valence-electron chi connectivity index (χ0n) is 13.3. The molecule has 0 aliphatic carbocycles. The van der Waals surface area contributed by atoms with Gasteiger partial charge in [-0.15, -0.1) is 0 Å². The van der Waals surface area contributed by atoms with Crippen LogP contribution in [0.2, 0.25) is 0 Å². The Morgan fingerprint density at radius 1 is 1.07 bits per heavy atom. The molecule has 0 atom stereocenters. The van der Waals surface area contributed by atoms with Gasteiger partial charge in [-0.25, -0.2) is 9.07 Å². The fourth-order valence-corrected chi connectivity index (χ4v) is 2.50. The van der Waals surface area contributed by atoms with E-state index in [4.69, 9.17) is 5.53 Å². The minimum Gasteiger partial charge on any atom is -0.231 e. The van der Waals surface area contributed by atoms with Gasteiger partial charge in [-0.1, -0.05) is 17.2 Å². The van der Waals surface area contributed by atoms with Crippen molar-refractivity contribution in [1.29, 1.82) is 5.26 Å². The third-order valence-corrected chi connectivity index (χ3v) is 3.64. The van der Waals surface area contributed by atoms with Gasteiger partial charge in [-0.2, -0.15) is 23.5 Å². The van der Waals surface area contributed by atoms with Crippen LogP contribution in [0.1, 0.15) is 11.3 Å². The molecule has 10 heteroatoms. The summed E-state index contributed by atoms with van der Waals surface area (Å²) in [4.78, 5) is 2.62. The maximum absolute atomic E-state index is 13.3. The van der Waals surface area contributed by atoms with Crippen LogP contribution in [0.3, 0.4) is 0 Å². The highest BCUT2D eigenvalue weighted by molar-refractivity contribution is 5.71. The van der Waals surface area contributed by atoms with Gasteiger partial charge in [0.05, 0.1) is 11.4 Å². The molecule has 0 spiro atoms. The summed E-state index contributed by atoms with van der Waals surface area (Å²) in [6.07, 6.45) is -4.85. The molecule has 0 N–H and O–H groups in total. The monoisotopic (exact) mass is 372 g/mol. The second-order valence-electron chi connectivity index (χ2n) is 5.31. The number of nitriles is 1. The lowest BCUT2D eigenvalue weighted by Gasteiger charge is -2.08. The van der Waals surface area contributed by atoms with Crippen molar-refractivity contribution >= 4 is 5.69 Å². The molecule has 0 radical (unpaired) electrons. The predicted octanol–water partition coefficient (Wildman–Crippen LogP) is 5.51. The van der Waals surface area contributed by atoms with E-state index in [1.807, 2.05) is 0 Å². The predicted molar refractivity (Wildman–Crippen MR) is 87.5 cm³/mol. The van der Waals surface area contributed by atoms with Crippen LogP contribution in [-0.4, -0.2) is 9.78 Å². The Morgan fingerprint density at radius 2 is 1.70 bits per heavy atom. The average molecular weight is 372 g/mol. The Morgan fingerprint density at radius 3 is 2.22 bits per heavy atom. The summed E-state index contributed by atoms with van der Waals surface area (Å²) < 4.78 is 54.2. The molecule has 3 rings (SSSR count). The fraction of sp³-hybridized carbons (Fsp3) is 0.0588. The Bertz CT molecular complexity index is 1070. The number of benzene rings is 2. The molecule has 0 saturated heterocycles. The number of alkyl halides is 3. The van der Waals surface area contributed by atoms with Crippen LogP contribution in [0.5, 0.6) is 0 Å². The van der Waals surface area contributed by atoms with Crippen LogP contribution in [0, 0.1) is 17.1 Å². The van der Waals surface area contributed by atoms with Gasteiger partial charge < -0.3 is 0 Å². The minimum atomic E-state index is -4.85. The van der Waals surface area contributed by atoms with Gasteiger partial charge in [0.25, 0.3) is 0 Å². The van der Waals surface area contributed by atoms with Crippen LogP contribution in [0.25, 0.3) is 27.4 Å². The van der Waals surface area contributed by atoms with Crippen LogP contribution in [0.4, 0.5) is 23.2 Å². The SMILES string of the molecule is N#Cc1c(C(F)(F)F)nn(-c2ccc(N=[N+]=[N-])cc2)c1-c1ccc(F)cc1. The first-order valence-electron chi connectivity index (χ1n) is 7.37. The normalized spacial score (nSPS) is 10.9. The van der Waals surface area contributed by atoms with E-state index in [1.165, 1.54) is 36.4 Å². The third-order valence-electron chi connectivity index (χ3n) is 3.64. The molecule has 134 valence electrons. The number of halogens is 4. The Hall–Kier alpha value is -3.83. The second kappa shape index (κ2) is 6.82. The van der Waals surface area contributed by atoms with Crippen molar-refractivity contribution in [2.75, 3.05) is 0 Å². The minimum absolute atomic E-state index is 0.124. The highest BCUT2D eigenvalue weighted by Gasteiger charge is 2.40. The first-order chi connectivity index (χ1) is 12.8. The molecule has 6 nitrogen and oxygen atoms in total. The standard InChI is InChI=1S/C17H8F4N6/c18-11-3-1-10(2-4-11)15-14(9-22)16(17(19,20)21)25-27(15)13-7-5-12(6-8-13)24-26-23/h1-8H. The van der Waals surface area contributed by atoms with Gasteiger partial charge in [-0.05, 0) is 41.9 Å². The van der Waals surface area contributed by atoms with Crippen LogP contribution >= 0.6 is 0 Å². The van der Waals surface area contributed by atoms with Crippen molar-refractivity contribution in [1.82, 2.24) is 9.78 Å². The van der Waals surface area contributed by atoms with E-state index < -0.39 is 23.3 Å². The largest absolute Gasteiger partial charge is 0.436 e. The summed E-state index contributed by atoms with van der Waals surface area (Å²) in [5.41, 5.74) is 6.95. The van der Waals surface area contributed by atoms with Crippen molar-refractivity contribution in [3.8, 4) is 23.0 Å². The van der Waals surface area contributed by atoms with E-state index in [2.05, 4.69) is 15.1 Å². The fourth-order valence-electron chi connectivity index (χ4n) is 2.50. The highest BCUT2D eigenvalue weighted by atomic mass is 19.4. The molecule has 3 aromatic rings. The summed E-state index contributed by atoms with van der Waals surface area (Å²) in [7, 11) is 0. The second-order valence-corrected chi connectivity index (χ2v) is 5.31. The lowest BCUT2D eigenvalue weighted by Crippen LogP contribution is -2.08. The summed E-state index contributed by atoms with van der Waals surface area (Å²) in [6, 6.07) is 11.8. The first-order valence-corrected chi connectivity index (χ1v) is 7.37. The van der Waals surface area contributed by atoms with E-state index in [1.54, 1.807) is 6.07 Å². The number of nitrogens with zero attached hydrogens (tertiary/aromatic N) is 6. The number of hydrogen-bond donors (Lipinski definition) is 0. The maximum Gasteiger partial charge on any atom is 0.436 e. The van der Waals surface area contributed by atoms with Crippen LogP contribution in [-0.2, 0) is 6.18 Å². The molecular weight excluding hydrogens is 364 g/mol. The highest BCUT2D eigenvalue weighted by Crippen LogP contribution is 2.37. The maximum atomic E-state index is 13.3. The van der Waals surface area contributed by atoms with Gasteiger partial charge in [0.15, 0.2) is 5.69 Å². The Labute approximate surface area is 149 Å². The molecule has 1 heterocycles. The van der Waals surface area contributed by atoms with E-state index in [0.29, 0.717) is 0 Å². The van der Waals surface area contributed by atoms with E-state index in [9.17, 15) is 22.8 Å². The molecule has 0 fully saturated rings. The molecule has 27 heavy (non-hydrogen) atoms. The molecule has 0 aliphatic heterocycles. The molecule has 0 unspecified atom stereocenters. The van der Waals surface area contributed by atoms with Crippen molar-refractivity contribution in [2.24, 2.45) is 5.11 Å². The number of aromatic nitrogens is 2. The topological polar surface area (TPSA) is 90.4 Å². The van der Waals surface area contributed by atoms with Crippen LogP contribution in [0.15, 0.2) is 53.6 Å². The third kappa shape index (κ3) is 3.44. The van der Waals surface area contributed by atoms with Gasteiger partial charge >= 0.3 is 6.18 Å². The van der Waals surface area contributed by atoms with Crippen molar-refractivity contribution in [2.45, 2.75) is 6.18 Å². The van der Waals surface area contributed by atoms with Crippen molar-refractivity contribution < 1.29 is 17.6 Å². The molecule has 0 bridgehead atoms. The quantitative estimate of drug-likeness (QED) is 0.262. The van der Waals surface area contributed by atoms with E-state index in [0.717, 1.165) is 16.8 Å². The molecular formula is C17H8F4N6. The number of rotatable bonds is 3. The lowest BCUT2D eigenvalue weighted by molar-refractivity contribution is -0.141. The summed E-state index contributed by atoms with van der Waals surface area (Å²) in [5, 5.41) is 16.3. The summed E-state index contributed by atoms with van der Waals surface area (Å²) in [5.74, 6) is -0.571. The summed E-state index contributed by atoms with van der Waals surface area (Å²) >= 11 is 0. The van der Waals surface area contributed by atoms with Gasteiger partial charge in [0, 0.05) is 16.2 Å². The molecule has 1 aromatic heterocycles. The van der Waals surface area contributed by atoms with Crippen molar-refractivity contribution in [3.05, 3.63) is 76.0 Å². The Kier molecular flexibility index (Phi) is 4.54. The number of hydrogen-bond acceptors (Lipinski definition) is 3. The Balaban J connectivity index is 2.29. The van der Waals surface area contributed by atoms with E-state index >= 15 is 0 Å².